The van der Waals surface area contributed by atoms with Gasteiger partial charge in [-0.3, -0.25) is 0 Å². The van der Waals surface area contributed by atoms with Crippen LogP contribution in [0.25, 0.3) is 0 Å². The number of rotatable bonds is 7. The molecule has 0 spiro atoms. The summed E-state index contributed by atoms with van der Waals surface area (Å²) in [6.07, 6.45) is 3.18. The highest BCUT2D eigenvalue weighted by Crippen LogP contribution is 2.26. The smallest absolute Gasteiger partial charge is 0.214 e. The standard InChI is InChI=1S/C23H34N4O2S/c1-5-6-16-30(28,29)27-13-7-12-26(14-15-27)23-22(19(3)24-20(4)25-23)17-21-10-8-18(2)9-11-21/h8-11H,5-7,12-17H2,1-4H3. The molecule has 0 N–H and O–H groups in total. The molecule has 0 atom stereocenters. The predicted molar refractivity (Wildman–Crippen MR) is 123 cm³/mol. The lowest BCUT2D eigenvalue weighted by Gasteiger charge is -2.26. The fourth-order valence-corrected chi connectivity index (χ4v) is 5.61. The summed E-state index contributed by atoms with van der Waals surface area (Å²) in [5.41, 5.74) is 4.60. The summed E-state index contributed by atoms with van der Waals surface area (Å²) in [7, 11) is -3.18. The number of benzene rings is 1. The van der Waals surface area contributed by atoms with Gasteiger partial charge < -0.3 is 4.90 Å². The van der Waals surface area contributed by atoms with Crippen molar-refractivity contribution < 1.29 is 8.42 Å². The van der Waals surface area contributed by atoms with E-state index in [4.69, 9.17) is 4.98 Å². The van der Waals surface area contributed by atoms with E-state index in [0.29, 0.717) is 26.1 Å². The van der Waals surface area contributed by atoms with Crippen molar-refractivity contribution in [2.45, 2.75) is 53.4 Å². The molecule has 0 bridgehead atoms. The highest BCUT2D eigenvalue weighted by atomic mass is 32.2. The molecule has 30 heavy (non-hydrogen) atoms. The Bertz CT molecular complexity index is 958. The second-order valence-electron chi connectivity index (χ2n) is 8.23. The second-order valence-corrected chi connectivity index (χ2v) is 10.3. The van der Waals surface area contributed by atoms with Crippen molar-refractivity contribution in [3.63, 3.8) is 0 Å². The van der Waals surface area contributed by atoms with Gasteiger partial charge in [-0.1, -0.05) is 43.2 Å². The van der Waals surface area contributed by atoms with Crippen LogP contribution < -0.4 is 4.90 Å². The average molecular weight is 431 g/mol. The molecule has 1 saturated heterocycles. The van der Waals surface area contributed by atoms with E-state index in [1.807, 2.05) is 20.8 Å². The topological polar surface area (TPSA) is 66.4 Å². The Hall–Kier alpha value is -1.99. The largest absolute Gasteiger partial charge is 0.355 e. The average Bonchev–Trinajstić information content (AvgIpc) is 2.96. The molecule has 164 valence electrons. The summed E-state index contributed by atoms with van der Waals surface area (Å²) in [6, 6.07) is 8.57. The number of anilines is 1. The van der Waals surface area contributed by atoms with Crippen molar-refractivity contribution in [3.8, 4) is 0 Å². The summed E-state index contributed by atoms with van der Waals surface area (Å²) >= 11 is 0. The normalized spacial score (nSPS) is 15.9. The number of hydrogen-bond acceptors (Lipinski definition) is 5. The molecule has 3 rings (SSSR count). The number of aryl methyl sites for hydroxylation is 3. The van der Waals surface area contributed by atoms with Crippen molar-refractivity contribution in [2.75, 3.05) is 36.8 Å². The van der Waals surface area contributed by atoms with Gasteiger partial charge in [0.2, 0.25) is 10.0 Å². The summed E-state index contributed by atoms with van der Waals surface area (Å²) < 4.78 is 27.0. The lowest BCUT2D eigenvalue weighted by atomic mass is 10.0. The van der Waals surface area contributed by atoms with Gasteiger partial charge in [0.25, 0.3) is 0 Å². The Labute approximate surface area is 181 Å². The number of unbranched alkanes of at least 4 members (excludes halogenated alkanes) is 1. The van der Waals surface area contributed by atoms with Crippen LogP contribution in [0.15, 0.2) is 24.3 Å². The van der Waals surface area contributed by atoms with E-state index in [1.54, 1.807) is 4.31 Å². The second kappa shape index (κ2) is 9.88. The molecule has 0 amide bonds. The molecule has 7 heteroatoms. The minimum Gasteiger partial charge on any atom is -0.355 e. The fraction of sp³-hybridized carbons (Fsp3) is 0.565. The van der Waals surface area contributed by atoms with Gasteiger partial charge in [0.1, 0.15) is 11.6 Å². The number of sulfonamides is 1. The Balaban J connectivity index is 1.83. The molecule has 2 heterocycles. The Morgan fingerprint density at radius 2 is 1.70 bits per heavy atom. The zero-order valence-electron chi connectivity index (χ0n) is 18.7. The van der Waals surface area contributed by atoms with E-state index >= 15 is 0 Å². The van der Waals surface area contributed by atoms with Crippen LogP contribution in [0.1, 0.15) is 54.4 Å². The molecule has 1 aliphatic rings. The van der Waals surface area contributed by atoms with E-state index in [1.165, 1.54) is 11.1 Å². The highest BCUT2D eigenvalue weighted by molar-refractivity contribution is 7.89. The zero-order chi connectivity index (χ0) is 21.7. The molecule has 1 fully saturated rings. The SMILES string of the molecule is CCCCS(=O)(=O)N1CCCN(c2nc(C)nc(C)c2Cc2ccc(C)cc2)CC1. The molecule has 0 radical (unpaired) electrons. The van der Waals surface area contributed by atoms with Gasteiger partial charge in [-0.05, 0) is 39.2 Å². The molecule has 0 saturated carbocycles. The van der Waals surface area contributed by atoms with Crippen LogP contribution >= 0.6 is 0 Å². The lowest BCUT2D eigenvalue weighted by Crippen LogP contribution is -2.37. The van der Waals surface area contributed by atoms with Gasteiger partial charge in [-0.2, -0.15) is 0 Å². The minimum atomic E-state index is -3.18. The maximum atomic E-state index is 12.7. The first-order chi connectivity index (χ1) is 14.3. The molecule has 2 aromatic rings. The number of nitrogens with zero attached hydrogens (tertiary/aromatic N) is 4. The lowest BCUT2D eigenvalue weighted by molar-refractivity contribution is 0.432. The molecule has 1 aliphatic heterocycles. The van der Waals surface area contributed by atoms with E-state index in [0.717, 1.165) is 48.7 Å². The van der Waals surface area contributed by atoms with Gasteiger partial charge in [0, 0.05) is 43.9 Å². The van der Waals surface area contributed by atoms with Gasteiger partial charge >= 0.3 is 0 Å². The Morgan fingerprint density at radius 1 is 0.967 bits per heavy atom. The molecule has 0 unspecified atom stereocenters. The first kappa shape index (κ1) is 22.7. The van der Waals surface area contributed by atoms with Crippen molar-refractivity contribution in [3.05, 3.63) is 52.5 Å². The summed E-state index contributed by atoms with van der Waals surface area (Å²) in [5, 5.41) is 0. The van der Waals surface area contributed by atoms with Gasteiger partial charge in [-0.15, -0.1) is 0 Å². The third-order valence-corrected chi connectivity index (χ3v) is 7.67. The van der Waals surface area contributed by atoms with E-state index < -0.39 is 10.0 Å². The fourth-order valence-electron chi connectivity index (χ4n) is 3.94. The van der Waals surface area contributed by atoms with Crippen LogP contribution in [0.2, 0.25) is 0 Å². The van der Waals surface area contributed by atoms with Crippen molar-refractivity contribution in [1.29, 1.82) is 0 Å². The summed E-state index contributed by atoms with van der Waals surface area (Å²) in [4.78, 5) is 11.7. The van der Waals surface area contributed by atoms with Gasteiger partial charge in [0.05, 0.1) is 5.75 Å². The Morgan fingerprint density at radius 3 is 2.40 bits per heavy atom. The summed E-state index contributed by atoms with van der Waals surface area (Å²) in [5.74, 6) is 1.95. The van der Waals surface area contributed by atoms with Crippen molar-refractivity contribution in [2.24, 2.45) is 0 Å². The van der Waals surface area contributed by atoms with Gasteiger partial charge in [0.15, 0.2) is 0 Å². The maximum Gasteiger partial charge on any atom is 0.214 e. The van der Waals surface area contributed by atoms with Gasteiger partial charge in [-0.25, -0.2) is 22.7 Å². The highest BCUT2D eigenvalue weighted by Gasteiger charge is 2.26. The molecule has 6 nitrogen and oxygen atoms in total. The van der Waals surface area contributed by atoms with Crippen LogP contribution in [-0.2, 0) is 16.4 Å². The Kier molecular flexibility index (Phi) is 7.47. The van der Waals surface area contributed by atoms with Crippen LogP contribution in [0.4, 0.5) is 5.82 Å². The monoisotopic (exact) mass is 430 g/mol. The van der Waals surface area contributed by atoms with E-state index in [2.05, 4.69) is 41.1 Å². The van der Waals surface area contributed by atoms with Crippen LogP contribution in [0, 0.1) is 20.8 Å². The predicted octanol–water partition coefficient (Wildman–Crippen LogP) is 3.63. The van der Waals surface area contributed by atoms with Crippen LogP contribution in [0.5, 0.6) is 0 Å². The molecule has 0 aliphatic carbocycles. The molecule has 1 aromatic heterocycles. The third kappa shape index (κ3) is 5.58. The van der Waals surface area contributed by atoms with E-state index in [-0.39, 0.29) is 5.75 Å². The maximum absolute atomic E-state index is 12.7. The van der Waals surface area contributed by atoms with Crippen LogP contribution in [-0.4, -0.2) is 54.6 Å². The zero-order valence-corrected chi connectivity index (χ0v) is 19.5. The minimum absolute atomic E-state index is 0.244. The first-order valence-corrected chi connectivity index (χ1v) is 12.5. The quantitative estimate of drug-likeness (QED) is 0.671. The van der Waals surface area contributed by atoms with Crippen molar-refractivity contribution in [1.82, 2.24) is 14.3 Å². The molecular weight excluding hydrogens is 396 g/mol. The molecular formula is C23H34N4O2S. The number of hydrogen-bond donors (Lipinski definition) is 0. The molecule has 1 aromatic carbocycles. The van der Waals surface area contributed by atoms with Crippen molar-refractivity contribution >= 4 is 15.8 Å². The third-order valence-electron chi connectivity index (χ3n) is 5.71. The number of aromatic nitrogens is 2. The van der Waals surface area contributed by atoms with Crippen LogP contribution in [0.3, 0.4) is 0 Å². The van der Waals surface area contributed by atoms with E-state index in [9.17, 15) is 8.42 Å². The summed E-state index contributed by atoms with van der Waals surface area (Å²) in [6.45, 7) is 10.6. The first-order valence-electron chi connectivity index (χ1n) is 10.9.